The van der Waals surface area contributed by atoms with Gasteiger partial charge in [-0.05, 0) is 49.1 Å². The van der Waals surface area contributed by atoms with E-state index >= 15 is 0 Å². The molecule has 4 rings (SSSR count). The maximum absolute atomic E-state index is 13.6. The maximum Gasteiger partial charge on any atom is 0.255 e. The van der Waals surface area contributed by atoms with E-state index in [2.05, 4.69) is 10.3 Å². The number of fused-ring (bicyclic) bond motifs is 1. The Morgan fingerprint density at radius 3 is 2.69 bits per heavy atom. The minimum Gasteiger partial charge on any atom is -0.391 e. The molecular weight excluding hydrogens is 376 g/mol. The topological polar surface area (TPSA) is 67.2 Å². The monoisotopic (exact) mass is 399 g/mol. The molecule has 0 unspecified atom stereocenters. The summed E-state index contributed by atoms with van der Waals surface area (Å²) in [4.78, 5) is 17.3. The van der Waals surface area contributed by atoms with Gasteiger partial charge < -0.3 is 15.0 Å². The van der Waals surface area contributed by atoms with Crippen LogP contribution in [0.1, 0.15) is 47.2 Å². The molecule has 0 bridgehead atoms. The summed E-state index contributed by atoms with van der Waals surface area (Å²) in [5, 5.41) is 13.1. The lowest BCUT2D eigenvalue weighted by Crippen LogP contribution is -2.45. The number of aromatic nitrogens is 2. The second-order valence-electron chi connectivity index (χ2n) is 7.71. The number of carbonyl (C=O) groups is 1. The molecule has 0 aliphatic heterocycles. The van der Waals surface area contributed by atoms with Crippen molar-refractivity contribution in [1.29, 1.82) is 0 Å². The van der Waals surface area contributed by atoms with E-state index in [1.807, 2.05) is 13.0 Å². The predicted molar refractivity (Wildman–Crippen MR) is 106 cm³/mol. The predicted octanol–water partition coefficient (Wildman–Crippen LogP) is 3.70. The maximum atomic E-state index is 13.6. The average Bonchev–Trinajstić information content (AvgIpc) is 3.02. The first-order valence-electron chi connectivity index (χ1n) is 9.80. The molecule has 1 amide bonds. The first kappa shape index (κ1) is 19.5. The first-order valence-corrected chi connectivity index (χ1v) is 9.80. The van der Waals surface area contributed by atoms with Crippen molar-refractivity contribution < 1.29 is 18.7 Å². The van der Waals surface area contributed by atoms with Crippen molar-refractivity contribution in [2.45, 2.75) is 51.3 Å². The Labute approximate surface area is 167 Å². The average molecular weight is 399 g/mol. The van der Waals surface area contributed by atoms with E-state index in [0.717, 1.165) is 36.4 Å². The number of hydrogen-bond acceptors (Lipinski definition) is 3. The van der Waals surface area contributed by atoms with E-state index in [0.29, 0.717) is 23.1 Å². The summed E-state index contributed by atoms with van der Waals surface area (Å²) >= 11 is 0. The third kappa shape index (κ3) is 4.00. The highest BCUT2D eigenvalue weighted by Gasteiger charge is 2.26. The fourth-order valence-electron chi connectivity index (χ4n) is 4.11. The van der Waals surface area contributed by atoms with Gasteiger partial charge in [0.05, 0.1) is 23.2 Å². The molecule has 5 nitrogen and oxygen atoms in total. The third-order valence-electron chi connectivity index (χ3n) is 5.52. The number of aliphatic hydroxyl groups is 1. The SMILES string of the molecule is Cc1ccnc2c(C(=O)N[C@H]3CCCC[C@@H]3O)cn(Cc3cc(F)cc(F)c3)c12. The van der Waals surface area contributed by atoms with Crippen molar-refractivity contribution in [2.75, 3.05) is 0 Å². The van der Waals surface area contributed by atoms with E-state index in [9.17, 15) is 18.7 Å². The minimum atomic E-state index is -0.643. The van der Waals surface area contributed by atoms with Crippen LogP contribution in [0, 0.1) is 18.6 Å². The van der Waals surface area contributed by atoms with Crippen molar-refractivity contribution in [3.8, 4) is 0 Å². The lowest BCUT2D eigenvalue weighted by atomic mass is 9.92. The van der Waals surface area contributed by atoms with Gasteiger partial charge in [0.2, 0.25) is 0 Å². The summed E-state index contributed by atoms with van der Waals surface area (Å²) in [6.45, 7) is 2.11. The van der Waals surface area contributed by atoms with Gasteiger partial charge in [-0.1, -0.05) is 12.8 Å². The van der Waals surface area contributed by atoms with Crippen LogP contribution in [0.2, 0.25) is 0 Å². The van der Waals surface area contributed by atoms with Gasteiger partial charge in [-0.3, -0.25) is 9.78 Å². The molecule has 1 aromatic carbocycles. The van der Waals surface area contributed by atoms with Gasteiger partial charge in [-0.15, -0.1) is 0 Å². The lowest BCUT2D eigenvalue weighted by molar-refractivity contribution is 0.0718. The number of hydrogen-bond donors (Lipinski definition) is 2. The Morgan fingerprint density at radius 1 is 1.24 bits per heavy atom. The molecule has 1 aliphatic rings. The number of aryl methyl sites for hydroxylation is 1. The van der Waals surface area contributed by atoms with Crippen LogP contribution < -0.4 is 5.32 Å². The van der Waals surface area contributed by atoms with Crippen molar-refractivity contribution in [1.82, 2.24) is 14.9 Å². The van der Waals surface area contributed by atoms with Gasteiger partial charge in [0.25, 0.3) is 5.91 Å². The van der Waals surface area contributed by atoms with Crippen molar-refractivity contribution in [2.24, 2.45) is 0 Å². The number of carbonyl (C=O) groups excluding carboxylic acids is 1. The normalized spacial score (nSPS) is 19.4. The Kier molecular flexibility index (Phi) is 5.32. The number of amides is 1. The Balaban J connectivity index is 1.70. The molecular formula is C22H23F2N3O2. The Hall–Kier alpha value is -2.80. The van der Waals surface area contributed by atoms with Gasteiger partial charge in [0.1, 0.15) is 17.2 Å². The van der Waals surface area contributed by atoms with E-state index in [-0.39, 0.29) is 18.5 Å². The van der Waals surface area contributed by atoms with Gasteiger partial charge in [-0.2, -0.15) is 0 Å². The van der Waals surface area contributed by atoms with Gasteiger partial charge >= 0.3 is 0 Å². The summed E-state index contributed by atoms with van der Waals surface area (Å²) in [7, 11) is 0. The molecule has 29 heavy (non-hydrogen) atoms. The summed E-state index contributed by atoms with van der Waals surface area (Å²) in [5.41, 5.74) is 3.02. The van der Waals surface area contributed by atoms with Gasteiger partial charge in [0, 0.05) is 25.0 Å². The number of aliphatic hydroxyl groups excluding tert-OH is 1. The molecule has 152 valence electrons. The van der Waals surface area contributed by atoms with E-state index < -0.39 is 17.7 Å². The minimum absolute atomic E-state index is 0.205. The van der Waals surface area contributed by atoms with Gasteiger partial charge in [-0.25, -0.2) is 8.78 Å². The standard InChI is InChI=1S/C22H23F2N3O2/c1-13-6-7-25-20-17(22(29)26-18-4-2-3-5-19(18)28)12-27(21(13)20)11-14-8-15(23)10-16(24)9-14/h6-10,12,18-19,28H,2-5,11H2,1H3,(H,26,29)/t18-,19-/m0/s1. The fourth-order valence-corrected chi connectivity index (χ4v) is 4.11. The number of nitrogens with zero attached hydrogens (tertiary/aromatic N) is 2. The Bertz CT molecular complexity index is 1040. The zero-order valence-electron chi connectivity index (χ0n) is 16.2. The molecule has 2 N–H and O–H groups in total. The van der Waals surface area contributed by atoms with Crippen molar-refractivity contribution in [3.63, 3.8) is 0 Å². The highest BCUT2D eigenvalue weighted by atomic mass is 19.1. The molecule has 0 spiro atoms. The van der Waals surface area contributed by atoms with E-state index in [4.69, 9.17) is 0 Å². The number of benzene rings is 1. The smallest absolute Gasteiger partial charge is 0.255 e. The second kappa shape index (κ2) is 7.91. The number of halogens is 2. The summed E-state index contributed by atoms with van der Waals surface area (Å²) in [5.74, 6) is -1.59. The summed E-state index contributed by atoms with van der Waals surface area (Å²) < 4.78 is 29.0. The molecule has 7 heteroatoms. The van der Waals surface area contributed by atoms with Gasteiger partial charge in [0.15, 0.2) is 0 Å². The molecule has 1 fully saturated rings. The van der Waals surface area contributed by atoms with Crippen molar-refractivity contribution in [3.05, 3.63) is 65.0 Å². The molecule has 1 aliphatic carbocycles. The van der Waals surface area contributed by atoms with Crippen LogP contribution in [-0.4, -0.2) is 32.7 Å². The van der Waals surface area contributed by atoms with Crippen LogP contribution in [0.4, 0.5) is 8.78 Å². The highest BCUT2D eigenvalue weighted by Crippen LogP contribution is 2.25. The molecule has 2 aromatic heterocycles. The highest BCUT2D eigenvalue weighted by molar-refractivity contribution is 6.06. The van der Waals surface area contributed by atoms with Crippen LogP contribution in [0.25, 0.3) is 11.0 Å². The van der Waals surface area contributed by atoms with Crippen LogP contribution in [0.3, 0.4) is 0 Å². The zero-order valence-corrected chi connectivity index (χ0v) is 16.2. The zero-order chi connectivity index (χ0) is 20.5. The fraction of sp³-hybridized carbons (Fsp3) is 0.364. The molecule has 2 heterocycles. The van der Waals surface area contributed by atoms with Crippen LogP contribution in [0.15, 0.2) is 36.7 Å². The first-order chi connectivity index (χ1) is 13.9. The quantitative estimate of drug-likeness (QED) is 0.703. The molecule has 1 saturated carbocycles. The van der Waals surface area contributed by atoms with Crippen LogP contribution >= 0.6 is 0 Å². The lowest BCUT2D eigenvalue weighted by Gasteiger charge is -2.28. The summed E-state index contributed by atoms with van der Waals surface area (Å²) in [6.07, 6.45) is 6.08. The summed E-state index contributed by atoms with van der Waals surface area (Å²) in [6, 6.07) is 4.93. The molecule has 2 atom stereocenters. The van der Waals surface area contributed by atoms with E-state index in [1.165, 1.54) is 12.1 Å². The largest absolute Gasteiger partial charge is 0.391 e. The molecule has 0 radical (unpaired) electrons. The molecule has 3 aromatic rings. The number of pyridine rings is 1. The van der Waals surface area contributed by atoms with Crippen LogP contribution in [0.5, 0.6) is 0 Å². The third-order valence-corrected chi connectivity index (χ3v) is 5.52. The van der Waals surface area contributed by atoms with Crippen LogP contribution in [-0.2, 0) is 6.54 Å². The second-order valence-corrected chi connectivity index (χ2v) is 7.71. The number of nitrogens with one attached hydrogen (secondary N) is 1. The number of rotatable bonds is 4. The van der Waals surface area contributed by atoms with E-state index in [1.54, 1.807) is 17.0 Å². The Morgan fingerprint density at radius 2 is 1.97 bits per heavy atom. The molecule has 0 saturated heterocycles. The van der Waals surface area contributed by atoms with Crippen molar-refractivity contribution >= 4 is 16.9 Å².